The summed E-state index contributed by atoms with van der Waals surface area (Å²) in [5, 5.41) is 0. The summed E-state index contributed by atoms with van der Waals surface area (Å²) in [4.78, 5) is 0.754. The van der Waals surface area contributed by atoms with E-state index in [2.05, 4.69) is 15.9 Å². The predicted octanol–water partition coefficient (Wildman–Crippen LogP) is 4.41. The minimum Gasteiger partial charge on any atom is -0.494 e. The van der Waals surface area contributed by atoms with Gasteiger partial charge in [0.1, 0.15) is 5.75 Å². The maximum absolute atomic E-state index is 5.69. The molecule has 0 spiro atoms. The van der Waals surface area contributed by atoms with Gasteiger partial charge in [0.05, 0.1) is 6.61 Å². The maximum Gasteiger partial charge on any atom is 0.119 e. The summed E-state index contributed by atoms with van der Waals surface area (Å²) in [6.45, 7) is 0.847. The summed E-state index contributed by atoms with van der Waals surface area (Å²) in [7, 11) is 0. The molecule has 0 amide bonds. The molecule has 0 radical (unpaired) electrons. The molecule has 1 saturated carbocycles. The Balaban J connectivity index is 1.62. The largest absolute Gasteiger partial charge is 0.494 e. The summed E-state index contributed by atoms with van der Waals surface area (Å²) in [6.07, 6.45) is 6.59. The first-order chi connectivity index (χ1) is 7.86. The Kier molecular flexibility index (Phi) is 4.70. The van der Waals surface area contributed by atoms with E-state index in [1.54, 1.807) is 0 Å². The number of para-hydroxylation sites is 1. The molecule has 1 aromatic carbocycles. The number of halogens is 1. The molecular formula is C14H19BrO. The van der Waals surface area contributed by atoms with Crippen LogP contribution < -0.4 is 4.74 Å². The molecule has 1 aromatic rings. The third kappa shape index (κ3) is 3.51. The molecule has 0 aliphatic heterocycles. The first kappa shape index (κ1) is 12.0. The molecule has 2 atom stereocenters. The number of rotatable bonds is 5. The van der Waals surface area contributed by atoms with Gasteiger partial charge >= 0.3 is 0 Å². The standard InChI is InChI=1S/C14H19BrO/c15-14-10-4-6-12(14)7-5-11-16-13-8-2-1-3-9-13/h1-3,8-9,12,14H,4-7,10-11H2. The van der Waals surface area contributed by atoms with Crippen LogP contribution in [0.25, 0.3) is 0 Å². The third-order valence-electron chi connectivity index (χ3n) is 3.30. The molecule has 16 heavy (non-hydrogen) atoms. The van der Waals surface area contributed by atoms with Gasteiger partial charge in [-0.15, -0.1) is 0 Å². The average molecular weight is 283 g/mol. The van der Waals surface area contributed by atoms with Crippen molar-refractivity contribution in [2.45, 2.75) is 36.9 Å². The number of hydrogen-bond donors (Lipinski definition) is 0. The second kappa shape index (κ2) is 6.29. The molecule has 0 N–H and O–H groups in total. The first-order valence-corrected chi connectivity index (χ1v) is 7.10. The van der Waals surface area contributed by atoms with Crippen LogP contribution in [0.15, 0.2) is 30.3 Å². The van der Waals surface area contributed by atoms with E-state index in [-0.39, 0.29) is 0 Å². The van der Waals surface area contributed by atoms with Gasteiger partial charge in [-0.1, -0.05) is 40.5 Å². The normalized spacial score (nSPS) is 24.6. The van der Waals surface area contributed by atoms with Gasteiger partial charge in [-0.05, 0) is 43.7 Å². The molecule has 1 fully saturated rings. The molecule has 2 heteroatoms. The van der Waals surface area contributed by atoms with E-state index in [4.69, 9.17) is 4.74 Å². The van der Waals surface area contributed by atoms with Crippen molar-refractivity contribution in [3.63, 3.8) is 0 Å². The molecule has 1 aliphatic rings. The lowest BCUT2D eigenvalue weighted by Crippen LogP contribution is -2.08. The minimum absolute atomic E-state index is 0.754. The van der Waals surface area contributed by atoms with Gasteiger partial charge < -0.3 is 4.74 Å². The van der Waals surface area contributed by atoms with Crippen LogP contribution in [-0.2, 0) is 0 Å². The van der Waals surface area contributed by atoms with Gasteiger partial charge in [-0.25, -0.2) is 0 Å². The van der Waals surface area contributed by atoms with Crippen molar-refractivity contribution in [1.29, 1.82) is 0 Å². The fraction of sp³-hybridized carbons (Fsp3) is 0.571. The molecule has 2 unspecified atom stereocenters. The van der Waals surface area contributed by atoms with Crippen molar-refractivity contribution >= 4 is 15.9 Å². The lowest BCUT2D eigenvalue weighted by molar-refractivity contribution is 0.294. The molecule has 1 nitrogen and oxygen atoms in total. The molecule has 2 rings (SSSR count). The summed E-state index contributed by atoms with van der Waals surface area (Å²) in [5.41, 5.74) is 0. The van der Waals surface area contributed by atoms with E-state index in [9.17, 15) is 0 Å². The van der Waals surface area contributed by atoms with E-state index in [1.807, 2.05) is 30.3 Å². The Labute approximate surface area is 106 Å². The highest BCUT2D eigenvalue weighted by molar-refractivity contribution is 9.09. The lowest BCUT2D eigenvalue weighted by atomic mass is 10.0. The molecule has 0 bridgehead atoms. The zero-order chi connectivity index (χ0) is 11.2. The third-order valence-corrected chi connectivity index (χ3v) is 4.50. The molecule has 0 saturated heterocycles. The van der Waals surface area contributed by atoms with Crippen molar-refractivity contribution in [2.24, 2.45) is 5.92 Å². The van der Waals surface area contributed by atoms with Crippen LogP contribution in [0.4, 0.5) is 0 Å². The highest BCUT2D eigenvalue weighted by atomic mass is 79.9. The summed E-state index contributed by atoms with van der Waals surface area (Å²) in [6, 6.07) is 10.1. The maximum atomic E-state index is 5.69. The van der Waals surface area contributed by atoms with Gasteiger partial charge in [0, 0.05) is 4.83 Å². The molecule has 1 aliphatic carbocycles. The van der Waals surface area contributed by atoms with E-state index in [0.717, 1.165) is 23.1 Å². The van der Waals surface area contributed by atoms with Gasteiger partial charge in [-0.3, -0.25) is 0 Å². The van der Waals surface area contributed by atoms with Crippen molar-refractivity contribution in [3.05, 3.63) is 30.3 Å². The Bertz CT molecular complexity index is 299. The number of hydrogen-bond acceptors (Lipinski definition) is 1. The first-order valence-electron chi connectivity index (χ1n) is 6.18. The lowest BCUT2D eigenvalue weighted by Gasteiger charge is -2.13. The van der Waals surface area contributed by atoms with Crippen molar-refractivity contribution in [1.82, 2.24) is 0 Å². The van der Waals surface area contributed by atoms with Crippen LogP contribution in [0.3, 0.4) is 0 Å². The Morgan fingerprint density at radius 3 is 2.69 bits per heavy atom. The fourth-order valence-corrected chi connectivity index (χ4v) is 3.22. The van der Waals surface area contributed by atoms with Crippen LogP contribution >= 0.6 is 15.9 Å². The molecule has 0 aromatic heterocycles. The Morgan fingerprint density at radius 1 is 1.19 bits per heavy atom. The van der Waals surface area contributed by atoms with Crippen LogP contribution in [0.5, 0.6) is 5.75 Å². The average Bonchev–Trinajstić information content (AvgIpc) is 2.72. The summed E-state index contributed by atoms with van der Waals surface area (Å²) < 4.78 is 5.69. The second-order valence-corrected chi connectivity index (χ2v) is 5.69. The van der Waals surface area contributed by atoms with E-state index in [0.29, 0.717) is 0 Å². The SMILES string of the molecule is BrC1CCCC1CCCOc1ccccc1. The highest BCUT2D eigenvalue weighted by Crippen LogP contribution is 2.34. The second-order valence-electron chi connectivity index (χ2n) is 4.51. The number of benzene rings is 1. The van der Waals surface area contributed by atoms with Crippen molar-refractivity contribution in [3.8, 4) is 5.75 Å². The number of ether oxygens (including phenoxy) is 1. The minimum atomic E-state index is 0.754. The Morgan fingerprint density at radius 2 is 2.00 bits per heavy atom. The topological polar surface area (TPSA) is 9.23 Å². The van der Waals surface area contributed by atoms with Crippen LogP contribution in [0.2, 0.25) is 0 Å². The van der Waals surface area contributed by atoms with Crippen LogP contribution in [0.1, 0.15) is 32.1 Å². The fourth-order valence-electron chi connectivity index (χ4n) is 2.37. The monoisotopic (exact) mass is 282 g/mol. The zero-order valence-corrected chi connectivity index (χ0v) is 11.2. The van der Waals surface area contributed by atoms with Crippen molar-refractivity contribution < 1.29 is 4.74 Å². The van der Waals surface area contributed by atoms with Crippen LogP contribution in [0, 0.1) is 5.92 Å². The summed E-state index contributed by atoms with van der Waals surface area (Å²) in [5.74, 6) is 1.86. The highest BCUT2D eigenvalue weighted by Gasteiger charge is 2.23. The quantitative estimate of drug-likeness (QED) is 0.574. The van der Waals surface area contributed by atoms with Gasteiger partial charge in [0.25, 0.3) is 0 Å². The van der Waals surface area contributed by atoms with Gasteiger partial charge in [-0.2, -0.15) is 0 Å². The van der Waals surface area contributed by atoms with E-state index < -0.39 is 0 Å². The van der Waals surface area contributed by atoms with Crippen LogP contribution in [-0.4, -0.2) is 11.4 Å². The Hall–Kier alpha value is -0.500. The zero-order valence-electron chi connectivity index (χ0n) is 9.57. The van der Waals surface area contributed by atoms with Gasteiger partial charge in [0.15, 0.2) is 0 Å². The predicted molar refractivity (Wildman–Crippen MR) is 71.2 cm³/mol. The molecular weight excluding hydrogens is 264 g/mol. The number of alkyl halides is 1. The van der Waals surface area contributed by atoms with E-state index in [1.165, 1.54) is 32.1 Å². The van der Waals surface area contributed by atoms with Gasteiger partial charge in [0.2, 0.25) is 0 Å². The summed E-state index contributed by atoms with van der Waals surface area (Å²) >= 11 is 3.76. The molecule has 0 heterocycles. The van der Waals surface area contributed by atoms with Crippen molar-refractivity contribution in [2.75, 3.05) is 6.61 Å². The molecule has 88 valence electrons. The smallest absolute Gasteiger partial charge is 0.119 e. The van der Waals surface area contributed by atoms with E-state index >= 15 is 0 Å².